The minimum atomic E-state index is -0.297. The van der Waals surface area contributed by atoms with Crippen LogP contribution < -0.4 is 5.32 Å². The number of hydrogen-bond donors (Lipinski definition) is 1. The summed E-state index contributed by atoms with van der Waals surface area (Å²) in [6.07, 6.45) is 0.945. The number of amides is 1. The van der Waals surface area contributed by atoms with Gasteiger partial charge in [0.05, 0.1) is 12.3 Å². The molecule has 3 rings (SSSR count). The van der Waals surface area contributed by atoms with Crippen molar-refractivity contribution < 1.29 is 9.53 Å². The highest BCUT2D eigenvalue weighted by Crippen LogP contribution is 2.42. The molecular formula is C24H34ClN3O2S. The summed E-state index contributed by atoms with van der Waals surface area (Å²) in [5.74, 6) is 0.711. The lowest BCUT2D eigenvalue weighted by molar-refractivity contribution is -0.136. The molecule has 0 saturated carbocycles. The van der Waals surface area contributed by atoms with Crippen molar-refractivity contribution in [3.63, 3.8) is 0 Å². The summed E-state index contributed by atoms with van der Waals surface area (Å²) in [4.78, 5) is 20.1. The molecule has 1 aliphatic heterocycles. The van der Waals surface area contributed by atoms with Crippen molar-refractivity contribution in [2.45, 2.75) is 59.6 Å². The number of halogens is 1. The minimum absolute atomic E-state index is 0.0187. The number of rotatable bonds is 8. The number of carbonyl (C=O) groups excluding carboxylic acids is 1. The largest absolute Gasteiger partial charge is 0.375 e. The number of benzene rings is 1. The maximum atomic E-state index is 13.5. The fourth-order valence-corrected chi connectivity index (χ4v) is 5.21. The third-order valence-electron chi connectivity index (χ3n) is 6.03. The molecule has 1 amide bonds. The van der Waals surface area contributed by atoms with Crippen LogP contribution in [0, 0.1) is 11.3 Å². The fourth-order valence-electron chi connectivity index (χ4n) is 4.35. The lowest BCUT2D eigenvalue weighted by Gasteiger charge is -2.45. The topological polar surface area (TPSA) is 54.5 Å². The highest BCUT2D eigenvalue weighted by Gasteiger charge is 2.40. The Morgan fingerprint density at radius 1 is 1.35 bits per heavy atom. The van der Waals surface area contributed by atoms with Crippen LogP contribution in [0.25, 0.3) is 0 Å². The number of carbonyl (C=O) groups is 1. The zero-order valence-electron chi connectivity index (χ0n) is 19.2. The Hall–Kier alpha value is -1.63. The maximum absolute atomic E-state index is 13.5. The normalized spacial score (nSPS) is 19.5. The Labute approximate surface area is 195 Å². The second kappa shape index (κ2) is 10.3. The Balaban J connectivity index is 1.68. The van der Waals surface area contributed by atoms with Crippen LogP contribution in [0.3, 0.4) is 0 Å². The van der Waals surface area contributed by atoms with Crippen LogP contribution in [-0.4, -0.2) is 41.5 Å². The fraction of sp³-hybridized carbons (Fsp3) is 0.583. The van der Waals surface area contributed by atoms with Crippen molar-refractivity contribution in [3.05, 3.63) is 45.9 Å². The molecule has 0 bridgehead atoms. The molecule has 1 unspecified atom stereocenters. The SMILES string of the molecule is CCOCc1csc(N[C@@H](C(=O)N2CCC(c3ccc(Cl)cc3)C(C)(C)C2)C(C)C)n1. The van der Waals surface area contributed by atoms with Crippen molar-refractivity contribution >= 4 is 34.0 Å². The average Bonchev–Trinajstić information content (AvgIpc) is 3.17. The van der Waals surface area contributed by atoms with E-state index in [0.29, 0.717) is 19.1 Å². The number of piperidine rings is 1. The number of hydrogen-bond acceptors (Lipinski definition) is 5. The van der Waals surface area contributed by atoms with E-state index in [0.717, 1.165) is 35.4 Å². The van der Waals surface area contributed by atoms with Crippen molar-refractivity contribution in [1.82, 2.24) is 9.88 Å². The molecule has 7 heteroatoms. The molecule has 1 aromatic carbocycles. The predicted octanol–water partition coefficient (Wildman–Crippen LogP) is 5.81. The molecule has 1 fully saturated rings. The quantitative estimate of drug-likeness (QED) is 0.536. The van der Waals surface area contributed by atoms with Crippen molar-refractivity contribution in [1.29, 1.82) is 0 Å². The zero-order valence-corrected chi connectivity index (χ0v) is 20.7. The molecule has 1 saturated heterocycles. The van der Waals surface area contributed by atoms with Crippen LogP contribution in [0.15, 0.2) is 29.6 Å². The lowest BCUT2D eigenvalue weighted by atomic mass is 9.70. The third-order valence-corrected chi connectivity index (χ3v) is 7.11. The van der Waals surface area contributed by atoms with E-state index in [9.17, 15) is 4.79 Å². The van der Waals surface area contributed by atoms with Crippen molar-refractivity contribution in [2.75, 3.05) is 25.0 Å². The molecule has 0 radical (unpaired) electrons. The zero-order chi connectivity index (χ0) is 22.6. The van der Waals surface area contributed by atoms with Crippen molar-refractivity contribution in [2.24, 2.45) is 11.3 Å². The van der Waals surface area contributed by atoms with Crippen LogP contribution in [0.1, 0.15) is 58.2 Å². The Morgan fingerprint density at radius 3 is 2.68 bits per heavy atom. The summed E-state index contributed by atoms with van der Waals surface area (Å²) in [7, 11) is 0. The number of aromatic nitrogens is 1. The second-order valence-electron chi connectivity index (χ2n) is 9.29. The predicted molar refractivity (Wildman–Crippen MR) is 129 cm³/mol. The van der Waals surface area contributed by atoms with E-state index in [-0.39, 0.29) is 23.3 Å². The van der Waals surface area contributed by atoms with Gasteiger partial charge in [-0.25, -0.2) is 4.98 Å². The van der Waals surface area contributed by atoms with Gasteiger partial charge in [0.25, 0.3) is 0 Å². The van der Waals surface area contributed by atoms with Crippen LogP contribution >= 0.6 is 22.9 Å². The first-order valence-corrected chi connectivity index (χ1v) is 12.3. The van der Waals surface area contributed by atoms with Gasteiger partial charge in [-0.1, -0.05) is 51.4 Å². The average molecular weight is 464 g/mol. The number of thiazole rings is 1. The molecule has 0 spiro atoms. The van der Waals surface area contributed by atoms with Gasteiger partial charge in [-0.3, -0.25) is 4.79 Å². The van der Waals surface area contributed by atoms with Gasteiger partial charge in [-0.15, -0.1) is 11.3 Å². The van der Waals surface area contributed by atoms with Crippen LogP contribution in [-0.2, 0) is 16.1 Å². The van der Waals surface area contributed by atoms with Gasteiger partial charge in [0.1, 0.15) is 6.04 Å². The van der Waals surface area contributed by atoms with Gasteiger partial charge >= 0.3 is 0 Å². The summed E-state index contributed by atoms with van der Waals surface area (Å²) in [6, 6.07) is 7.85. The monoisotopic (exact) mass is 463 g/mol. The third kappa shape index (κ3) is 5.99. The first-order chi connectivity index (χ1) is 14.7. The summed E-state index contributed by atoms with van der Waals surface area (Å²) in [6.45, 7) is 13.3. The molecule has 0 aliphatic carbocycles. The van der Waals surface area contributed by atoms with Gasteiger partial charge < -0.3 is 15.0 Å². The highest BCUT2D eigenvalue weighted by molar-refractivity contribution is 7.13. The lowest BCUT2D eigenvalue weighted by Crippen LogP contribution is -2.53. The van der Waals surface area contributed by atoms with Crippen molar-refractivity contribution in [3.8, 4) is 0 Å². The molecule has 2 atom stereocenters. The standard InChI is InChI=1S/C24H34ClN3O2S/c1-6-30-13-19-14-31-23(26-19)27-21(16(2)3)22(29)28-12-11-20(24(4,5)15-28)17-7-9-18(25)10-8-17/h7-10,14,16,20-21H,6,11-13,15H2,1-5H3,(H,26,27)/t20?,21-/m1/s1. The molecule has 5 nitrogen and oxygen atoms in total. The van der Waals surface area contributed by atoms with Gasteiger partial charge in [-0.2, -0.15) is 0 Å². The van der Waals surface area contributed by atoms with Crippen LogP contribution in [0.5, 0.6) is 0 Å². The molecule has 2 aromatic rings. The molecule has 170 valence electrons. The summed E-state index contributed by atoms with van der Waals surface area (Å²) in [5, 5.41) is 6.91. The molecular weight excluding hydrogens is 430 g/mol. The number of anilines is 1. The van der Waals surface area contributed by atoms with E-state index < -0.39 is 0 Å². The molecule has 1 N–H and O–H groups in total. The van der Waals surface area contributed by atoms with E-state index >= 15 is 0 Å². The number of ether oxygens (including phenoxy) is 1. The van der Waals surface area contributed by atoms with E-state index in [2.05, 4.69) is 50.1 Å². The van der Waals surface area contributed by atoms with Gasteiger partial charge in [-0.05, 0) is 48.3 Å². The Bertz CT molecular complexity index is 866. The summed E-state index contributed by atoms with van der Waals surface area (Å²) < 4.78 is 5.44. The Morgan fingerprint density at radius 2 is 2.06 bits per heavy atom. The second-order valence-corrected chi connectivity index (χ2v) is 10.6. The van der Waals surface area contributed by atoms with Crippen LogP contribution in [0.4, 0.5) is 5.13 Å². The number of likely N-dealkylation sites (tertiary alicyclic amines) is 1. The minimum Gasteiger partial charge on any atom is -0.375 e. The molecule has 2 heterocycles. The van der Waals surface area contributed by atoms with E-state index in [1.165, 1.54) is 16.9 Å². The van der Waals surface area contributed by atoms with Crippen LogP contribution in [0.2, 0.25) is 5.02 Å². The summed E-state index contributed by atoms with van der Waals surface area (Å²) >= 11 is 7.60. The molecule has 1 aromatic heterocycles. The number of nitrogens with zero attached hydrogens (tertiary/aromatic N) is 2. The first kappa shape index (κ1) is 24.0. The molecule has 1 aliphatic rings. The van der Waals surface area contributed by atoms with E-state index in [4.69, 9.17) is 16.3 Å². The van der Waals surface area contributed by atoms with Gasteiger partial charge in [0, 0.05) is 30.1 Å². The molecule has 31 heavy (non-hydrogen) atoms. The highest BCUT2D eigenvalue weighted by atomic mass is 35.5. The summed E-state index contributed by atoms with van der Waals surface area (Å²) in [5.41, 5.74) is 2.17. The van der Waals surface area contributed by atoms with E-state index in [1.807, 2.05) is 29.3 Å². The maximum Gasteiger partial charge on any atom is 0.245 e. The number of nitrogens with one attached hydrogen (secondary N) is 1. The Kier molecular flexibility index (Phi) is 8.00. The first-order valence-electron chi connectivity index (χ1n) is 11.0. The van der Waals surface area contributed by atoms with Gasteiger partial charge in [0.2, 0.25) is 5.91 Å². The van der Waals surface area contributed by atoms with E-state index in [1.54, 1.807) is 0 Å². The smallest absolute Gasteiger partial charge is 0.245 e. The van der Waals surface area contributed by atoms with Gasteiger partial charge in [0.15, 0.2) is 5.13 Å².